The largest absolute Gasteiger partial charge is 0.496 e. The molecule has 2 aromatic rings. The predicted molar refractivity (Wildman–Crippen MR) is 109 cm³/mol. The Balaban J connectivity index is 2.02. The Morgan fingerprint density at radius 2 is 1.68 bits per heavy atom. The molecule has 0 saturated carbocycles. The molecular weight excluding hydrogens is 358 g/mol. The Kier molecular flexibility index (Phi) is 7.68. The van der Waals surface area contributed by atoms with Crippen LogP contribution in [0.5, 0.6) is 11.5 Å². The van der Waals surface area contributed by atoms with Crippen molar-refractivity contribution in [2.45, 2.75) is 20.0 Å². The van der Waals surface area contributed by atoms with Crippen molar-refractivity contribution >= 4 is 11.9 Å². The fraction of sp³-hybridized carbons (Fsp3) is 0.333. The van der Waals surface area contributed by atoms with Crippen LogP contribution in [0.2, 0.25) is 0 Å². The summed E-state index contributed by atoms with van der Waals surface area (Å²) in [6.45, 7) is 3.08. The van der Waals surface area contributed by atoms with E-state index in [2.05, 4.69) is 15.6 Å². The molecule has 0 radical (unpaired) electrons. The fourth-order valence-corrected chi connectivity index (χ4v) is 2.72. The van der Waals surface area contributed by atoms with Gasteiger partial charge in [0.15, 0.2) is 5.96 Å². The third-order valence-electron chi connectivity index (χ3n) is 4.24. The van der Waals surface area contributed by atoms with Gasteiger partial charge in [-0.1, -0.05) is 18.2 Å². The molecule has 7 heteroatoms. The van der Waals surface area contributed by atoms with E-state index >= 15 is 0 Å². The van der Waals surface area contributed by atoms with Crippen molar-refractivity contribution in [1.82, 2.24) is 10.6 Å². The number of esters is 1. The van der Waals surface area contributed by atoms with E-state index in [-0.39, 0.29) is 0 Å². The Labute approximate surface area is 165 Å². The predicted octanol–water partition coefficient (Wildman–Crippen LogP) is 2.66. The van der Waals surface area contributed by atoms with Gasteiger partial charge in [-0.25, -0.2) is 4.79 Å². The molecule has 0 heterocycles. The van der Waals surface area contributed by atoms with Crippen LogP contribution >= 0.6 is 0 Å². The summed E-state index contributed by atoms with van der Waals surface area (Å²) in [6, 6.07) is 11.4. The number of carbonyl (C=O) groups excluding carboxylic acids is 1. The number of nitrogens with one attached hydrogen (secondary N) is 2. The van der Waals surface area contributed by atoms with Crippen LogP contribution < -0.4 is 20.1 Å². The topological polar surface area (TPSA) is 81.2 Å². The Hall–Kier alpha value is -3.22. The Bertz CT molecular complexity index is 850. The number of nitrogens with zero attached hydrogens (tertiary/aromatic N) is 1. The SMILES string of the molecule is CN=C(NCc1ccc(OC)c(C(=O)OC)c1)NCc1ccc(C)cc1OC. The van der Waals surface area contributed by atoms with E-state index in [0.717, 1.165) is 22.4 Å². The van der Waals surface area contributed by atoms with Gasteiger partial charge in [0.05, 0.1) is 21.3 Å². The summed E-state index contributed by atoms with van der Waals surface area (Å²) in [5.41, 5.74) is 3.46. The van der Waals surface area contributed by atoms with E-state index in [1.54, 1.807) is 26.3 Å². The molecule has 7 nitrogen and oxygen atoms in total. The van der Waals surface area contributed by atoms with E-state index in [0.29, 0.717) is 30.4 Å². The average Bonchev–Trinajstić information content (AvgIpc) is 2.73. The highest BCUT2D eigenvalue weighted by molar-refractivity contribution is 5.92. The van der Waals surface area contributed by atoms with Crippen molar-refractivity contribution in [2.75, 3.05) is 28.4 Å². The first-order valence-corrected chi connectivity index (χ1v) is 8.85. The smallest absolute Gasteiger partial charge is 0.341 e. The van der Waals surface area contributed by atoms with E-state index in [4.69, 9.17) is 14.2 Å². The standard InChI is InChI=1S/C21H27N3O4/c1-14-6-8-16(19(10-14)27-4)13-24-21(22-2)23-12-15-7-9-18(26-3)17(11-15)20(25)28-5/h6-11H,12-13H2,1-5H3,(H2,22,23,24). The van der Waals surface area contributed by atoms with Gasteiger partial charge >= 0.3 is 5.97 Å². The third-order valence-corrected chi connectivity index (χ3v) is 4.24. The maximum absolute atomic E-state index is 11.9. The highest BCUT2D eigenvalue weighted by Gasteiger charge is 2.13. The molecule has 2 rings (SSSR count). The minimum atomic E-state index is -0.437. The average molecular weight is 385 g/mol. The van der Waals surface area contributed by atoms with Crippen molar-refractivity contribution in [3.05, 3.63) is 58.7 Å². The Morgan fingerprint density at radius 3 is 2.32 bits per heavy atom. The number of hydrogen-bond acceptors (Lipinski definition) is 5. The van der Waals surface area contributed by atoms with Crippen molar-refractivity contribution < 1.29 is 19.0 Å². The number of ether oxygens (including phenoxy) is 3. The van der Waals surface area contributed by atoms with Crippen LogP contribution in [-0.4, -0.2) is 40.3 Å². The summed E-state index contributed by atoms with van der Waals surface area (Å²) in [4.78, 5) is 16.1. The highest BCUT2D eigenvalue weighted by atomic mass is 16.5. The maximum atomic E-state index is 11.9. The number of methoxy groups -OCH3 is 3. The minimum absolute atomic E-state index is 0.386. The molecule has 2 aromatic carbocycles. The van der Waals surface area contributed by atoms with E-state index < -0.39 is 5.97 Å². The van der Waals surface area contributed by atoms with Gasteiger partial charge in [-0.15, -0.1) is 0 Å². The zero-order chi connectivity index (χ0) is 20.5. The lowest BCUT2D eigenvalue weighted by Gasteiger charge is -2.15. The summed E-state index contributed by atoms with van der Waals surface area (Å²) >= 11 is 0. The first kappa shape index (κ1) is 21.1. The molecule has 28 heavy (non-hydrogen) atoms. The van der Waals surface area contributed by atoms with E-state index in [9.17, 15) is 4.79 Å². The normalized spacial score (nSPS) is 11.0. The Morgan fingerprint density at radius 1 is 0.964 bits per heavy atom. The van der Waals surface area contributed by atoms with Crippen molar-refractivity contribution in [1.29, 1.82) is 0 Å². The number of hydrogen-bond donors (Lipinski definition) is 2. The van der Waals surface area contributed by atoms with Crippen molar-refractivity contribution in [3.63, 3.8) is 0 Å². The molecule has 150 valence electrons. The minimum Gasteiger partial charge on any atom is -0.496 e. The van der Waals surface area contributed by atoms with Crippen LogP contribution in [0.15, 0.2) is 41.4 Å². The second-order valence-electron chi connectivity index (χ2n) is 6.12. The maximum Gasteiger partial charge on any atom is 0.341 e. The summed E-state index contributed by atoms with van der Waals surface area (Å²) in [5.74, 6) is 1.51. The van der Waals surface area contributed by atoms with Crippen LogP contribution in [0.3, 0.4) is 0 Å². The number of aliphatic imine (C=N–C) groups is 1. The lowest BCUT2D eigenvalue weighted by Crippen LogP contribution is -2.36. The molecule has 0 aliphatic heterocycles. The molecule has 0 saturated heterocycles. The van der Waals surface area contributed by atoms with E-state index in [1.807, 2.05) is 31.2 Å². The van der Waals surface area contributed by atoms with Gasteiger partial charge in [0.2, 0.25) is 0 Å². The van der Waals surface area contributed by atoms with Gasteiger partial charge in [0, 0.05) is 25.7 Å². The van der Waals surface area contributed by atoms with E-state index in [1.165, 1.54) is 14.2 Å². The van der Waals surface area contributed by atoms with Gasteiger partial charge in [-0.05, 0) is 36.2 Å². The monoisotopic (exact) mass is 385 g/mol. The third kappa shape index (κ3) is 5.39. The number of aryl methyl sites for hydroxylation is 1. The molecule has 0 spiro atoms. The molecule has 0 fully saturated rings. The van der Waals surface area contributed by atoms with Crippen LogP contribution in [0.1, 0.15) is 27.0 Å². The van der Waals surface area contributed by atoms with Crippen molar-refractivity contribution in [3.8, 4) is 11.5 Å². The first-order valence-electron chi connectivity index (χ1n) is 8.85. The van der Waals surface area contributed by atoms with Crippen LogP contribution in [-0.2, 0) is 17.8 Å². The van der Waals surface area contributed by atoms with Crippen LogP contribution in [0.4, 0.5) is 0 Å². The molecule has 0 unspecified atom stereocenters. The van der Waals surface area contributed by atoms with Gasteiger partial charge in [0.25, 0.3) is 0 Å². The molecule has 0 aromatic heterocycles. The lowest BCUT2D eigenvalue weighted by molar-refractivity contribution is 0.0597. The van der Waals surface area contributed by atoms with Gasteiger partial charge < -0.3 is 24.8 Å². The number of rotatable bonds is 7. The molecule has 0 bridgehead atoms. The summed E-state index contributed by atoms with van der Waals surface area (Å²) < 4.78 is 15.5. The highest BCUT2D eigenvalue weighted by Crippen LogP contribution is 2.21. The summed E-state index contributed by atoms with van der Waals surface area (Å²) in [7, 11) is 6.23. The number of carbonyl (C=O) groups is 1. The zero-order valence-corrected chi connectivity index (χ0v) is 17.0. The second kappa shape index (κ2) is 10.2. The zero-order valence-electron chi connectivity index (χ0n) is 17.0. The molecule has 2 N–H and O–H groups in total. The molecule has 0 aliphatic carbocycles. The first-order chi connectivity index (χ1) is 13.5. The molecule has 0 amide bonds. The molecule has 0 aliphatic rings. The quantitative estimate of drug-likeness (QED) is 0.433. The van der Waals surface area contributed by atoms with Gasteiger partial charge in [-0.3, -0.25) is 4.99 Å². The number of guanidine groups is 1. The summed E-state index contributed by atoms with van der Waals surface area (Å²) in [5, 5.41) is 6.50. The lowest BCUT2D eigenvalue weighted by atomic mass is 10.1. The second-order valence-corrected chi connectivity index (χ2v) is 6.12. The van der Waals surface area contributed by atoms with Crippen molar-refractivity contribution in [2.24, 2.45) is 4.99 Å². The number of benzene rings is 2. The molecule has 0 atom stereocenters. The fourth-order valence-electron chi connectivity index (χ4n) is 2.72. The van der Waals surface area contributed by atoms with Gasteiger partial charge in [-0.2, -0.15) is 0 Å². The van der Waals surface area contributed by atoms with Crippen LogP contribution in [0.25, 0.3) is 0 Å². The van der Waals surface area contributed by atoms with Crippen LogP contribution in [0, 0.1) is 6.92 Å². The molecular formula is C21H27N3O4. The summed E-state index contributed by atoms with van der Waals surface area (Å²) in [6.07, 6.45) is 0. The van der Waals surface area contributed by atoms with Gasteiger partial charge in [0.1, 0.15) is 17.1 Å².